The van der Waals surface area contributed by atoms with E-state index in [4.69, 9.17) is 4.43 Å². The predicted octanol–water partition coefficient (Wildman–Crippen LogP) is 4.84. The molecule has 4 aromatic carbocycles. The molecule has 60 heavy (non-hydrogen) atoms. The zero-order valence-electron chi connectivity index (χ0n) is 34.1. The molecular weight excluding hydrogens is 771 g/mol. The Labute approximate surface area is 352 Å². The third kappa shape index (κ3) is 8.31. The summed E-state index contributed by atoms with van der Waals surface area (Å²) in [5.41, 5.74) is 3.47. The number of allylic oxidation sites excluding steroid dienone is 1. The number of phenols is 1. The fourth-order valence-electron chi connectivity index (χ4n) is 9.20. The van der Waals surface area contributed by atoms with Crippen LogP contribution in [0.25, 0.3) is 11.6 Å². The van der Waals surface area contributed by atoms with E-state index in [1.807, 2.05) is 66.7 Å². The SMILES string of the molecule is CC(C)(C)[Si](OCC1=C([C@H](O)CC/C(=C/c2ccccc2O)c2ccccn2)[C@H](CO)[C@@H]2C(=O)N(c3cccc(B(O)O)c3)C(=O)[C@@H]2C1)(c1ccccc1)c1ccccc1. The summed E-state index contributed by atoms with van der Waals surface area (Å²) in [6.45, 7) is 6.02. The van der Waals surface area contributed by atoms with Crippen molar-refractivity contribution in [2.75, 3.05) is 18.1 Å². The number of pyridine rings is 1. The Bertz CT molecular complexity index is 2330. The third-order valence-electron chi connectivity index (χ3n) is 12.0. The number of hydrogen-bond acceptors (Lipinski definition) is 9. The van der Waals surface area contributed by atoms with Crippen molar-refractivity contribution in [1.29, 1.82) is 0 Å². The number of imide groups is 1. The summed E-state index contributed by atoms with van der Waals surface area (Å²) in [4.78, 5) is 34.6. The second-order valence-corrected chi connectivity index (χ2v) is 20.9. The molecule has 10 nitrogen and oxygen atoms in total. The minimum Gasteiger partial charge on any atom is -0.507 e. The van der Waals surface area contributed by atoms with Crippen LogP contribution in [0.2, 0.25) is 5.04 Å². The molecule has 0 unspecified atom stereocenters. The Kier molecular flexibility index (Phi) is 12.8. The van der Waals surface area contributed by atoms with Crippen molar-refractivity contribution in [2.45, 2.75) is 51.2 Å². The maximum absolute atomic E-state index is 14.5. The molecule has 7 rings (SSSR count). The molecule has 308 valence electrons. The lowest BCUT2D eigenvalue weighted by atomic mass is 9.68. The molecule has 2 heterocycles. The van der Waals surface area contributed by atoms with Crippen LogP contribution in [0.5, 0.6) is 5.75 Å². The first-order chi connectivity index (χ1) is 28.9. The average molecular weight is 823 g/mol. The molecule has 12 heteroatoms. The summed E-state index contributed by atoms with van der Waals surface area (Å²) in [7, 11) is -4.95. The summed E-state index contributed by atoms with van der Waals surface area (Å²) in [6, 6.07) is 38.8. The number of aliphatic hydroxyl groups excluding tert-OH is 2. The largest absolute Gasteiger partial charge is 0.507 e. The van der Waals surface area contributed by atoms with E-state index >= 15 is 0 Å². The highest BCUT2D eigenvalue weighted by Gasteiger charge is 2.56. The number of aromatic hydroxyl groups is 1. The molecular formula is C48H51BN2O8Si. The Morgan fingerprint density at radius 3 is 2.13 bits per heavy atom. The molecule has 1 aliphatic heterocycles. The van der Waals surface area contributed by atoms with Gasteiger partial charge in [-0.25, -0.2) is 0 Å². The van der Waals surface area contributed by atoms with Gasteiger partial charge in [0.05, 0.1) is 42.5 Å². The fourth-order valence-corrected chi connectivity index (χ4v) is 13.7. The number of phenolic OH excluding ortho intramolecular Hbond substituents is 1. The number of carbonyl (C=O) groups is 2. The van der Waals surface area contributed by atoms with E-state index in [2.05, 4.69) is 50.0 Å². The first-order valence-corrected chi connectivity index (χ1v) is 22.3. The first kappa shape index (κ1) is 42.6. The molecule has 5 aromatic rings. The Balaban J connectivity index is 1.32. The molecule has 0 bridgehead atoms. The monoisotopic (exact) mass is 822 g/mol. The highest BCUT2D eigenvalue weighted by Crippen LogP contribution is 2.48. The molecule has 0 saturated carbocycles. The van der Waals surface area contributed by atoms with Crippen LogP contribution in [0.4, 0.5) is 5.69 Å². The van der Waals surface area contributed by atoms with E-state index < -0.39 is 57.7 Å². The molecule has 1 fully saturated rings. The molecule has 1 aromatic heterocycles. The van der Waals surface area contributed by atoms with Gasteiger partial charge in [0, 0.05) is 17.7 Å². The highest BCUT2D eigenvalue weighted by atomic mass is 28.4. The summed E-state index contributed by atoms with van der Waals surface area (Å²) in [6.07, 6.45) is 2.96. The van der Waals surface area contributed by atoms with Crippen LogP contribution >= 0.6 is 0 Å². The standard InChI is InChI=1S/C48H51BN2O8Si/c1-48(2,3)60(37-18-6-4-7-19-37,38-20-8-5-9-21-38)59-31-34-28-39-45(47(56)51(46(39)55)36-17-14-16-35(29-36)49(57)58)40(30-52)44(34)43(54)25-24-32(41-22-12-13-26-50-41)27-33-15-10-11-23-42(33)53/h4-23,26-27,29,39-40,43,45,52-54,57-58H,24-25,28,30-31H2,1-3H3/b32-27-/t39-,40+,43-,45-/m1/s1. The minimum absolute atomic E-state index is 0.0356. The van der Waals surface area contributed by atoms with Gasteiger partial charge in [-0.1, -0.05) is 118 Å². The lowest BCUT2D eigenvalue weighted by Crippen LogP contribution is -2.66. The maximum Gasteiger partial charge on any atom is 0.488 e. The summed E-state index contributed by atoms with van der Waals surface area (Å²) in [5.74, 6) is -3.67. The first-order valence-electron chi connectivity index (χ1n) is 20.3. The molecule has 2 amide bonds. The van der Waals surface area contributed by atoms with Crippen LogP contribution in [-0.4, -0.2) is 76.9 Å². The molecule has 2 aliphatic rings. The number of anilines is 1. The van der Waals surface area contributed by atoms with Crippen LogP contribution in [-0.2, 0) is 14.0 Å². The Morgan fingerprint density at radius 2 is 1.53 bits per heavy atom. The van der Waals surface area contributed by atoms with Crippen molar-refractivity contribution in [3.63, 3.8) is 0 Å². The van der Waals surface area contributed by atoms with Gasteiger partial charge in [0.2, 0.25) is 11.8 Å². The number of aromatic nitrogens is 1. The van der Waals surface area contributed by atoms with Crippen LogP contribution < -0.4 is 20.7 Å². The number of benzene rings is 4. The molecule has 4 atom stereocenters. The van der Waals surface area contributed by atoms with Crippen LogP contribution in [0.3, 0.4) is 0 Å². The molecule has 0 radical (unpaired) electrons. The van der Waals surface area contributed by atoms with Crippen molar-refractivity contribution in [3.8, 4) is 5.75 Å². The third-order valence-corrected chi connectivity index (χ3v) is 17.0. The zero-order chi connectivity index (χ0) is 42.6. The average Bonchev–Trinajstić information content (AvgIpc) is 3.51. The molecule has 1 saturated heterocycles. The van der Waals surface area contributed by atoms with Gasteiger partial charge in [-0.3, -0.25) is 19.5 Å². The Morgan fingerprint density at radius 1 is 0.883 bits per heavy atom. The molecule has 5 N–H and O–H groups in total. The molecule has 1 aliphatic carbocycles. The number of rotatable bonds is 14. The Hall–Kier alpha value is -5.47. The van der Waals surface area contributed by atoms with Crippen LogP contribution in [0, 0.1) is 17.8 Å². The lowest BCUT2D eigenvalue weighted by molar-refractivity contribution is -0.123. The van der Waals surface area contributed by atoms with Crippen LogP contribution in [0.15, 0.2) is 145 Å². The lowest BCUT2D eigenvalue weighted by Gasteiger charge is -2.44. The van der Waals surface area contributed by atoms with Crippen molar-refractivity contribution >= 4 is 60.4 Å². The van der Waals surface area contributed by atoms with Crippen molar-refractivity contribution in [3.05, 3.63) is 156 Å². The van der Waals surface area contributed by atoms with Gasteiger partial charge in [-0.15, -0.1) is 0 Å². The van der Waals surface area contributed by atoms with E-state index in [-0.39, 0.29) is 41.4 Å². The van der Waals surface area contributed by atoms with E-state index in [1.54, 1.807) is 36.5 Å². The van der Waals surface area contributed by atoms with Crippen molar-refractivity contribution in [1.82, 2.24) is 4.98 Å². The summed E-state index contributed by atoms with van der Waals surface area (Å²) < 4.78 is 7.40. The maximum atomic E-state index is 14.5. The number of fused-ring (bicyclic) bond motifs is 1. The smallest absolute Gasteiger partial charge is 0.488 e. The second kappa shape index (κ2) is 18.0. The number of amides is 2. The summed E-state index contributed by atoms with van der Waals surface area (Å²) in [5, 5.41) is 56.0. The molecule has 0 spiro atoms. The second-order valence-electron chi connectivity index (χ2n) is 16.6. The topological polar surface area (TPSA) is 161 Å². The zero-order valence-corrected chi connectivity index (χ0v) is 35.1. The number of aliphatic hydroxyl groups is 2. The van der Waals surface area contributed by atoms with Crippen molar-refractivity contribution < 1.29 is 39.4 Å². The van der Waals surface area contributed by atoms with Gasteiger partial charge in [-0.2, -0.15) is 0 Å². The number of nitrogens with zero attached hydrogens (tertiary/aromatic N) is 2. The van der Waals surface area contributed by atoms with Gasteiger partial charge in [0.25, 0.3) is 8.32 Å². The fraction of sp³-hybridized carbons (Fsp3) is 0.271. The quantitative estimate of drug-likeness (QED) is 0.0601. The minimum atomic E-state index is -3.14. The van der Waals surface area contributed by atoms with E-state index in [0.717, 1.165) is 20.8 Å². The van der Waals surface area contributed by atoms with E-state index in [9.17, 15) is 35.0 Å². The normalized spacial score (nSPS) is 19.1. The summed E-state index contributed by atoms with van der Waals surface area (Å²) >= 11 is 0. The van der Waals surface area contributed by atoms with Gasteiger partial charge in [-0.05, 0) is 93.3 Å². The van der Waals surface area contributed by atoms with Gasteiger partial charge in [0.15, 0.2) is 0 Å². The van der Waals surface area contributed by atoms with E-state index in [0.29, 0.717) is 28.8 Å². The van der Waals surface area contributed by atoms with Crippen LogP contribution in [0.1, 0.15) is 51.3 Å². The predicted molar refractivity (Wildman–Crippen MR) is 237 cm³/mol. The van der Waals surface area contributed by atoms with Gasteiger partial charge < -0.3 is 29.8 Å². The highest BCUT2D eigenvalue weighted by molar-refractivity contribution is 6.99. The van der Waals surface area contributed by atoms with Gasteiger partial charge >= 0.3 is 7.12 Å². The number of hydrogen-bond donors (Lipinski definition) is 5. The van der Waals surface area contributed by atoms with Gasteiger partial charge in [0.1, 0.15) is 5.75 Å². The number of para-hydroxylation sites is 1. The van der Waals surface area contributed by atoms with Crippen molar-refractivity contribution in [2.24, 2.45) is 17.8 Å². The number of carbonyl (C=O) groups excluding carboxylic acids is 2. The van der Waals surface area contributed by atoms with E-state index in [1.165, 1.54) is 12.1 Å².